The molecular formula is C10H9F3NO2. The predicted octanol–water partition coefficient (Wildman–Crippen LogP) is 3.07. The zero-order chi connectivity index (χ0) is 12.3. The summed E-state index contributed by atoms with van der Waals surface area (Å²) in [6.07, 6.45) is -5.27. The molecule has 1 amide bonds. The number of benzene rings is 1. The Hall–Kier alpha value is -1.72. The van der Waals surface area contributed by atoms with Crippen molar-refractivity contribution in [2.45, 2.75) is 6.18 Å². The summed E-state index contributed by atoms with van der Waals surface area (Å²) in [4.78, 5) is 12.0. The summed E-state index contributed by atoms with van der Waals surface area (Å²) < 4.78 is 41.2. The second kappa shape index (κ2) is 4.42. The molecular weight excluding hydrogens is 223 g/mol. The Bertz CT molecular complexity index is 390. The van der Waals surface area contributed by atoms with E-state index in [1.165, 1.54) is 19.2 Å². The Labute approximate surface area is 90.4 Å². The van der Waals surface area contributed by atoms with Crippen LogP contribution in [0, 0.1) is 7.11 Å². The summed E-state index contributed by atoms with van der Waals surface area (Å²) >= 11 is 0. The number of ether oxygens (including phenoxy) is 1. The molecule has 0 bridgehead atoms. The van der Waals surface area contributed by atoms with E-state index in [9.17, 15) is 18.0 Å². The number of carbonyl (C=O) groups excluding carboxylic acids is 1. The fourth-order valence-corrected chi connectivity index (χ4v) is 1.09. The molecule has 0 fully saturated rings. The minimum Gasteiger partial charge on any atom is -0.446 e. The maximum Gasteiger partial charge on any atom is 0.416 e. The van der Waals surface area contributed by atoms with Gasteiger partial charge in [0.1, 0.15) is 7.11 Å². The van der Waals surface area contributed by atoms with E-state index in [1.54, 1.807) is 0 Å². The second-order valence-corrected chi connectivity index (χ2v) is 3.02. The van der Waals surface area contributed by atoms with Crippen molar-refractivity contribution < 1.29 is 22.7 Å². The number of anilines is 1. The third-order valence-electron chi connectivity index (χ3n) is 1.96. The number of carbonyl (C=O) groups is 1. The van der Waals surface area contributed by atoms with Gasteiger partial charge in [0, 0.05) is 12.7 Å². The van der Waals surface area contributed by atoms with Gasteiger partial charge in [-0.1, -0.05) is 6.07 Å². The minimum atomic E-state index is -4.44. The molecule has 3 nitrogen and oxygen atoms in total. The number of nitrogens with zero attached hydrogens (tertiary/aromatic N) is 1. The van der Waals surface area contributed by atoms with Gasteiger partial charge in [0.05, 0.1) is 5.56 Å². The van der Waals surface area contributed by atoms with Crippen LogP contribution in [0.5, 0.6) is 0 Å². The monoisotopic (exact) mass is 232 g/mol. The van der Waals surface area contributed by atoms with Gasteiger partial charge >= 0.3 is 12.3 Å². The highest BCUT2D eigenvalue weighted by Gasteiger charge is 2.30. The van der Waals surface area contributed by atoms with E-state index >= 15 is 0 Å². The molecule has 1 aromatic carbocycles. The first-order valence-electron chi connectivity index (χ1n) is 4.23. The van der Waals surface area contributed by atoms with Crippen LogP contribution >= 0.6 is 0 Å². The normalized spacial score (nSPS) is 11.1. The van der Waals surface area contributed by atoms with Crippen LogP contribution in [0.15, 0.2) is 24.3 Å². The highest BCUT2D eigenvalue weighted by Crippen LogP contribution is 2.31. The van der Waals surface area contributed by atoms with Crippen LogP contribution < -0.4 is 4.90 Å². The summed E-state index contributed by atoms with van der Waals surface area (Å²) in [5.41, 5.74) is -0.739. The number of rotatable bonds is 1. The molecule has 0 saturated carbocycles. The van der Waals surface area contributed by atoms with E-state index in [4.69, 9.17) is 0 Å². The predicted molar refractivity (Wildman–Crippen MR) is 51.7 cm³/mol. The van der Waals surface area contributed by atoms with Crippen LogP contribution in [-0.4, -0.2) is 13.1 Å². The highest BCUT2D eigenvalue weighted by molar-refractivity contribution is 5.87. The average molecular weight is 232 g/mol. The zero-order valence-corrected chi connectivity index (χ0v) is 8.41. The lowest BCUT2D eigenvalue weighted by Crippen LogP contribution is -2.25. The van der Waals surface area contributed by atoms with Crippen LogP contribution in [0.1, 0.15) is 5.56 Å². The number of alkyl halides is 3. The van der Waals surface area contributed by atoms with Gasteiger partial charge in [-0.05, 0) is 18.2 Å². The summed E-state index contributed by atoms with van der Waals surface area (Å²) in [5.74, 6) is 0. The van der Waals surface area contributed by atoms with Crippen molar-refractivity contribution in [1.29, 1.82) is 0 Å². The highest BCUT2D eigenvalue weighted by atomic mass is 19.4. The Kier molecular flexibility index (Phi) is 3.41. The van der Waals surface area contributed by atoms with Crippen molar-refractivity contribution in [1.82, 2.24) is 0 Å². The van der Waals surface area contributed by atoms with Crippen LogP contribution in [0.3, 0.4) is 0 Å². The molecule has 0 N–H and O–H groups in total. The van der Waals surface area contributed by atoms with E-state index in [2.05, 4.69) is 11.8 Å². The minimum absolute atomic E-state index is 0.0866. The quantitative estimate of drug-likeness (QED) is 0.744. The van der Waals surface area contributed by atoms with Gasteiger partial charge in [0.2, 0.25) is 0 Å². The maximum absolute atomic E-state index is 12.4. The molecule has 1 aromatic rings. The van der Waals surface area contributed by atoms with E-state index < -0.39 is 17.8 Å². The Morgan fingerprint density at radius 2 is 2.06 bits per heavy atom. The number of amides is 1. The first-order valence-corrected chi connectivity index (χ1v) is 4.23. The van der Waals surface area contributed by atoms with Gasteiger partial charge in [-0.25, -0.2) is 4.79 Å². The topological polar surface area (TPSA) is 29.5 Å². The zero-order valence-electron chi connectivity index (χ0n) is 8.41. The maximum atomic E-state index is 12.4. The molecule has 0 aliphatic heterocycles. The fraction of sp³-hybridized carbons (Fsp3) is 0.200. The number of hydrogen-bond donors (Lipinski definition) is 0. The lowest BCUT2D eigenvalue weighted by atomic mass is 10.2. The van der Waals surface area contributed by atoms with Crippen LogP contribution in [-0.2, 0) is 10.9 Å². The summed E-state index contributed by atoms with van der Waals surface area (Å²) in [6, 6.07) is 4.36. The van der Waals surface area contributed by atoms with Gasteiger partial charge in [-0.3, -0.25) is 4.90 Å². The van der Waals surface area contributed by atoms with Gasteiger partial charge in [-0.2, -0.15) is 13.2 Å². The van der Waals surface area contributed by atoms with Crippen molar-refractivity contribution in [3.63, 3.8) is 0 Å². The van der Waals surface area contributed by atoms with Crippen molar-refractivity contribution in [3.05, 3.63) is 36.9 Å². The number of halogens is 3. The average Bonchev–Trinajstić information content (AvgIpc) is 2.26. The lowest BCUT2D eigenvalue weighted by Gasteiger charge is -2.16. The second-order valence-electron chi connectivity index (χ2n) is 3.02. The van der Waals surface area contributed by atoms with Gasteiger partial charge < -0.3 is 4.74 Å². The van der Waals surface area contributed by atoms with Crippen LogP contribution in [0.25, 0.3) is 0 Å². The summed E-state index contributed by atoms with van der Waals surface area (Å²) in [5, 5.41) is 0. The molecule has 0 spiro atoms. The Balaban J connectivity index is 3.04. The summed E-state index contributed by atoms with van der Waals surface area (Å²) in [7, 11) is 4.18. The lowest BCUT2D eigenvalue weighted by molar-refractivity contribution is -0.137. The largest absolute Gasteiger partial charge is 0.446 e. The first-order chi connectivity index (χ1) is 7.36. The molecule has 1 radical (unpaired) electrons. The van der Waals surface area contributed by atoms with E-state index in [-0.39, 0.29) is 5.69 Å². The molecule has 1 rings (SSSR count). The molecule has 0 aliphatic rings. The molecule has 0 aliphatic carbocycles. The fourth-order valence-electron chi connectivity index (χ4n) is 1.09. The summed E-state index contributed by atoms with van der Waals surface area (Å²) in [6.45, 7) is 0. The van der Waals surface area contributed by atoms with Gasteiger partial charge in [-0.15, -0.1) is 0 Å². The SMILES string of the molecule is [CH2]OC(=O)N(C)c1cccc(C(F)(F)F)c1. The Morgan fingerprint density at radius 3 is 2.56 bits per heavy atom. The van der Waals surface area contributed by atoms with Crippen molar-refractivity contribution in [2.75, 3.05) is 11.9 Å². The molecule has 6 heteroatoms. The number of hydrogen-bond acceptors (Lipinski definition) is 2. The first kappa shape index (κ1) is 12.4. The molecule has 0 unspecified atom stereocenters. The molecule has 87 valence electrons. The van der Waals surface area contributed by atoms with Crippen molar-refractivity contribution >= 4 is 11.8 Å². The smallest absolute Gasteiger partial charge is 0.416 e. The molecule has 0 heterocycles. The van der Waals surface area contributed by atoms with Gasteiger partial charge in [0.15, 0.2) is 0 Å². The third-order valence-corrected chi connectivity index (χ3v) is 1.96. The van der Waals surface area contributed by atoms with Crippen LogP contribution in [0.4, 0.5) is 23.7 Å². The van der Waals surface area contributed by atoms with Gasteiger partial charge in [0.25, 0.3) is 0 Å². The standard InChI is InChI=1S/C10H9F3NO2/c1-14(9(15)16-2)8-5-3-4-7(6-8)10(11,12)13/h3-6H,2H2,1H3. The Morgan fingerprint density at radius 1 is 1.44 bits per heavy atom. The molecule has 16 heavy (non-hydrogen) atoms. The molecule has 0 saturated heterocycles. The van der Waals surface area contributed by atoms with Crippen LogP contribution in [0.2, 0.25) is 0 Å². The van der Waals surface area contributed by atoms with Crippen molar-refractivity contribution in [3.8, 4) is 0 Å². The molecule has 0 atom stereocenters. The third kappa shape index (κ3) is 2.65. The van der Waals surface area contributed by atoms with Crippen molar-refractivity contribution in [2.24, 2.45) is 0 Å². The van der Waals surface area contributed by atoms with E-state index in [0.29, 0.717) is 0 Å². The molecule has 0 aromatic heterocycles. The van der Waals surface area contributed by atoms with E-state index in [0.717, 1.165) is 17.0 Å². The van der Waals surface area contributed by atoms with E-state index in [1.807, 2.05) is 0 Å².